The van der Waals surface area contributed by atoms with Gasteiger partial charge in [-0.3, -0.25) is 5.32 Å². The van der Waals surface area contributed by atoms with Gasteiger partial charge in [0.15, 0.2) is 0 Å². The summed E-state index contributed by atoms with van der Waals surface area (Å²) >= 11 is 0. The smallest absolute Gasteiger partial charge is 0.411 e. The van der Waals surface area contributed by atoms with Gasteiger partial charge < -0.3 is 9.84 Å². The number of anilines is 1. The summed E-state index contributed by atoms with van der Waals surface area (Å²) in [7, 11) is 0. The minimum atomic E-state index is -0.461. The second-order valence-corrected chi connectivity index (χ2v) is 4.92. The van der Waals surface area contributed by atoms with Crippen molar-refractivity contribution in [2.45, 2.75) is 27.2 Å². The van der Waals surface area contributed by atoms with Gasteiger partial charge in [0.05, 0.1) is 13.2 Å². The highest BCUT2D eigenvalue weighted by molar-refractivity contribution is 5.85. The summed E-state index contributed by atoms with van der Waals surface area (Å²) in [6.07, 6.45) is -0.0233. The Labute approximate surface area is 120 Å². The zero-order chi connectivity index (χ0) is 15.0. The first-order chi connectivity index (χ1) is 9.52. The molecule has 0 aliphatic carbocycles. The predicted molar refractivity (Wildman–Crippen MR) is 79.6 cm³/mol. The highest BCUT2D eigenvalue weighted by Crippen LogP contribution is 2.15. The van der Waals surface area contributed by atoms with Crippen molar-refractivity contribution >= 4 is 11.8 Å². The molecule has 0 saturated heterocycles. The van der Waals surface area contributed by atoms with Gasteiger partial charge in [0.1, 0.15) is 0 Å². The second-order valence-electron chi connectivity index (χ2n) is 4.92. The molecule has 0 bridgehead atoms. The summed E-state index contributed by atoms with van der Waals surface area (Å²) in [5.74, 6) is 6.15. The molecule has 1 aromatic rings. The quantitative estimate of drug-likeness (QED) is 0.831. The van der Waals surface area contributed by atoms with Gasteiger partial charge in [-0.25, -0.2) is 4.79 Å². The van der Waals surface area contributed by atoms with E-state index in [4.69, 9.17) is 9.84 Å². The first-order valence-corrected chi connectivity index (χ1v) is 6.67. The topological polar surface area (TPSA) is 58.6 Å². The van der Waals surface area contributed by atoms with Gasteiger partial charge >= 0.3 is 6.09 Å². The number of aliphatic hydroxyl groups is 1. The normalized spacial score (nSPS) is 9.85. The van der Waals surface area contributed by atoms with Crippen LogP contribution in [0, 0.1) is 24.7 Å². The fourth-order valence-electron chi connectivity index (χ4n) is 1.44. The zero-order valence-electron chi connectivity index (χ0n) is 12.2. The number of aryl methyl sites for hydroxylation is 1. The molecule has 0 aliphatic rings. The molecule has 108 valence electrons. The number of hydrogen-bond donors (Lipinski definition) is 2. The summed E-state index contributed by atoms with van der Waals surface area (Å²) < 4.78 is 5.06. The van der Waals surface area contributed by atoms with Crippen LogP contribution in [0.4, 0.5) is 10.5 Å². The number of amides is 1. The molecule has 1 rings (SSSR count). The van der Waals surface area contributed by atoms with Crippen LogP contribution in [0.25, 0.3) is 0 Å². The number of ether oxygens (including phenoxy) is 1. The lowest BCUT2D eigenvalue weighted by atomic mass is 10.1. The molecule has 1 aromatic carbocycles. The van der Waals surface area contributed by atoms with E-state index in [1.165, 1.54) is 0 Å². The predicted octanol–water partition coefficient (Wildman–Crippen LogP) is 2.93. The molecule has 20 heavy (non-hydrogen) atoms. The molecule has 0 atom stereocenters. The minimum absolute atomic E-state index is 0.0471. The number of nitrogens with one attached hydrogen (secondary N) is 1. The van der Waals surface area contributed by atoms with Crippen molar-refractivity contribution < 1.29 is 14.6 Å². The molecule has 0 aliphatic heterocycles. The second kappa shape index (κ2) is 8.23. The van der Waals surface area contributed by atoms with Gasteiger partial charge in [0.2, 0.25) is 0 Å². The van der Waals surface area contributed by atoms with Crippen LogP contribution in [-0.4, -0.2) is 24.4 Å². The average molecular weight is 275 g/mol. The Kier molecular flexibility index (Phi) is 6.61. The molecule has 0 fully saturated rings. The first kappa shape index (κ1) is 16.1. The van der Waals surface area contributed by atoms with Crippen LogP contribution in [0.1, 0.15) is 31.4 Å². The van der Waals surface area contributed by atoms with Crippen LogP contribution in [0.15, 0.2) is 18.2 Å². The summed E-state index contributed by atoms with van der Waals surface area (Å²) in [4.78, 5) is 11.6. The van der Waals surface area contributed by atoms with Crippen molar-refractivity contribution in [3.63, 3.8) is 0 Å². The molecule has 0 aromatic heterocycles. The van der Waals surface area contributed by atoms with Crippen molar-refractivity contribution in [3.8, 4) is 11.8 Å². The number of carbonyl (C=O) groups is 1. The molecule has 0 radical (unpaired) electrons. The van der Waals surface area contributed by atoms with E-state index in [0.717, 1.165) is 11.1 Å². The van der Waals surface area contributed by atoms with Crippen molar-refractivity contribution in [2.75, 3.05) is 18.5 Å². The Balaban J connectivity index is 2.70. The van der Waals surface area contributed by atoms with Crippen LogP contribution in [0.5, 0.6) is 0 Å². The summed E-state index contributed by atoms with van der Waals surface area (Å²) in [5.41, 5.74) is 2.51. The number of rotatable bonds is 4. The summed E-state index contributed by atoms with van der Waals surface area (Å²) in [6.45, 7) is 6.35. The van der Waals surface area contributed by atoms with Crippen molar-refractivity contribution in [1.29, 1.82) is 0 Å². The van der Waals surface area contributed by atoms with Crippen LogP contribution in [-0.2, 0) is 4.74 Å². The van der Waals surface area contributed by atoms with E-state index in [2.05, 4.69) is 17.2 Å². The fraction of sp³-hybridized carbons (Fsp3) is 0.438. The number of hydrogen-bond acceptors (Lipinski definition) is 3. The third-order valence-corrected chi connectivity index (χ3v) is 2.49. The lowest BCUT2D eigenvalue weighted by Gasteiger charge is -2.09. The number of carbonyl (C=O) groups excluding carboxylic acids is 1. The van der Waals surface area contributed by atoms with E-state index in [9.17, 15) is 4.79 Å². The lowest BCUT2D eigenvalue weighted by molar-refractivity contribution is 0.147. The Morgan fingerprint density at radius 3 is 2.85 bits per heavy atom. The lowest BCUT2D eigenvalue weighted by Crippen LogP contribution is -2.16. The molecular formula is C16H21NO3. The third-order valence-electron chi connectivity index (χ3n) is 2.49. The molecule has 0 heterocycles. The van der Waals surface area contributed by atoms with Gasteiger partial charge in [-0.05, 0) is 30.5 Å². The van der Waals surface area contributed by atoms with Crippen LogP contribution < -0.4 is 5.32 Å². The third kappa shape index (κ3) is 5.77. The van der Waals surface area contributed by atoms with E-state index in [1.807, 2.05) is 32.9 Å². The summed E-state index contributed by atoms with van der Waals surface area (Å²) in [5, 5.41) is 11.4. The fourth-order valence-corrected chi connectivity index (χ4v) is 1.44. The molecular weight excluding hydrogens is 254 g/mol. The average Bonchev–Trinajstić information content (AvgIpc) is 2.40. The molecule has 4 heteroatoms. The molecule has 0 unspecified atom stereocenters. The van der Waals surface area contributed by atoms with E-state index in [-0.39, 0.29) is 6.61 Å². The van der Waals surface area contributed by atoms with Gasteiger partial charge in [0.25, 0.3) is 0 Å². The maximum Gasteiger partial charge on any atom is 0.411 e. The van der Waals surface area contributed by atoms with E-state index in [1.54, 1.807) is 6.07 Å². The van der Waals surface area contributed by atoms with Crippen molar-refractivity contribution in [1.82, 2.24) is 0 Å². The monoisotopic (exact) mass is 275 g/mol. The van der Waals surface area contributed by atoms with Gasteiger partial charge in [-0.2, -0.15) is 0 Å². The van der Waals surface area contributed by atoms with E-state index >= 15 is 0 Å². The van der Waals surface area contributed by atoms with Gasteiger partial charge in [-0.1, -0.05) is 31.8 Å². The Morgan fingerprint density at radius 1 is 1.45 bits per heavy atom. The maximum absolute atomic E-state index is 11.6. The Morgan fingerprint density at radius 2 is 2.20 bits per heavy atom. The van der Waals surface area contributed by atoms with Gasteiger partial charge in [0, 0.05) is 17.7 Å². The minimum Gasteiger partial charge on any atom is -0.449 e. The van der Waals surface area contributed by atoms with E-state index in [0.29, 0.717) is 24.6 Å². The largest absolute Gasteiger partial charge is 0.449 e. The highest BCUT2D eigenvalue weighted by Gasteiger charge is 2.05. The maximum atomic E-state index is 11.6. The molecule has 1 amide bonds. The molecule has 2 N–H and O–H groups in total. The number of aliphatic hydroxyl groups excluding tert-OH is 1. The standard InChI is InChI=1S/C16H21NO3/c1-12(2)11-20-16(19)17-15-8-7-13(3)14(10-15)6-4-5-9-18/h7-8,10,12,18H,5,9,11H2,1-3H3,(H,17,19). The van der Waals surface area contributed by atoms with Crippen LogP contribution in [0.3, 0.4) is 0 Å². The summed E-state index contributed by atoms with van der Waals surface area (Å²) in [6, 6.07) is 5.50. The first-order valence-electron chi connectivity index (χ1n) is 6.67. The highest BCUT2D eigenvalue weighted by atomic mass is 16.5. The van der Waals surface area contributed by atoms with Crippen LogP contribution in [0.2, 0.25) is 0 Å². The Hall–Kier alpha value is -1.99. The molecule has 0 spiro atoms. The van der Waals surface area contributed by atoms with Crippen molar-refractivity contribution in [3.05, 3.63) is 29.3 Å². The molecule has 4 nitrogen and oxygen atoms in total. The van der Waals surface area contributed by atoms with Gasteiger partial charge in [-0.15, -0.1) is 0 Å². The Bertz CT molecular complexity index is 512. The molecule has 0 saturated carbocycles. The van der Waals surface area contributed by atoms with Crippen molar-refractivity contribution in [2.24, 2.45) is 5.92 Å². The number of benzene rings is 1. The van der Waals surface area contributed by atoms with E-state index < -0.39 is 6.09 Å². The zero-order valence-corrected chi connectivity index (χ0v) is 12.2. The SMILES string of the molecule is Cc1ccc(NC(=O)OCC(C)C)cc1C#CCCO. The van der Waals surface area contributed by atoms with Crippen LogP contribution >= 0.6 is 0 Å².